The number of primary amides is 1. The van der Waals surface area contributed by atoms with Crippen molar-refractivity contribution in [3.8, 4) is 57.1 Å². The number of ether oxygens (including phenoxy) is 14. The Kier molecular flexibility index (Phi) is 32.6. The maximum atomic E-state index is 16.7. The van der Waals surface area contributed by atoms with Crippen molar-refractivity contribution in [3.05, 3.63) is 180 Å². The summed E-state index contributed by atoms with van der Waals surface area (Å²) in [5.41, 5.74) is 4.42. The molecule has 5 aromatic rings. The third-order valence-electron chi connectivity index (χ3n) is 18.8. The summed E-state index contributed by atoms with van der Waals surface area (Å²) in [6.07, 6.45) is -9.64. The first kappa shape index (κ1) is 94.3. The molecule has 660 valence electrons. The van der Waals surface area contributed by atoms with Crippen molar-refractivity contribution in [2.75, 3.05) is 46.7 Å². The molecule has 6 heterocycles. The molecule has 9 N–H and O–H groups in total. The van der Waals surface area contributed by atoms with Crippen LogP contribution in [0.1, 0.15) is 119 Å². The molecule has 1 fully saturated rings. The van der Waals surface area contributed by atoms with Crippen LogP contribution in [0.5, 0.6) is 46.0 Å². The van der Waals surface area contributed by atoms with Crippen LogP contribution in [0.4, 0.5) is 4.79 Å². The number of rotatable bonds is 29. The minimum Gasteiger partial charge on any atom is -0.489 e. The van der Waals surface area contributed by atoms with Gasteiger partial charge in [-0.3, -0.25) is 62.4 Å². The van der Waals surface area contributed by atoms with Gasteiger partial charge in [0.1, 0.15) is 111 Å². The fourth-order valence-corrected chi connectivity index (χ4v) is 14.0. The number of nitrogens with zero attached hydrogens (tertiary/aromatic N) is 1. The highest BCUT2D eigenvalue weighted by atomic mass is 35.5. The normalized spacial score (nSPS) is 21.7. The van der Waals surface area contributed by atoms with Crippen molar-refractivity contribution in [2.24, 2.45) is 11.7 Å². The number of esters is 6. The average Bonchev–Trinajstić information content (AvgIpc) is 0.757. The van der Waals surface area contributed by atoms with Crippen LogP contribution in [0, 0.1) is 5.92 Å². The van der Waals surface area contributed by atoms with Crippen LogP contribution in [0.3, 0.4) is 0 Å². The summed E-state index contributed by atoms with van der Waals surface area (Å²) in [5.74, 6) is -19.4. The molecule has 0 aliphatic carbocycles. The lowest BCUT2D eigenvalue weighted by molar-refractivity contribution is -0.285. The number of aliphatic hydroxyl groups is 1. The minimum absolute atomic E-state index is 0.00607. The van der Waals surface area contributed by atoms with Gasteiger partial charge in [-0.2, -0.15) is 0 Å². The number of aliphatic hydroxyl groups excluding tert-OH is 1. The Morgan fingerprint density at radius 3 is 1.68 bits per heavy atom. The van der Waals surface area contributed by atoms with Crippen molar-refractivity contribution in [1.82, 2.24) is 36.8 Å². The number of nitrogens with two attached hydrogens (primary N) is 1. The molecule has 0 aromatic heterocycles. The number of nitrogens with one attached hydrogen (secondary N) is 6. The first-order chi connectivity index (χ1) is 59.0. The monoisotopic (exact) mass is 1760 g/mol. The molecular weight excluding hydrogens is 1670 g/mol. The highest BCUT2D eigenvalue weighted by molar-refractivity contribution is 6.32. The second-order valence-electron chi connectivity index (χ2n) is 28.6. The Morgan fingerprint density at radius 1 is 0.565 bits per heavy atom. The average molecular weight is 1760 g/mol. The zero-order valence-corrected chi connectivity index (χ0v) is 69.9. The van der Waals surface area contributed by atoms with Crippen molar-refractivity contribution < 1.29 is 139 Å². The molecular formula is C85H92Cl2N8O29. The van der Waals surface area contributed by atoms with Gasteiger partial charge in [-0.15, -0.1) is 0 Å². The van der Waals surface area contributed by atoms with Crippen LogP contribution in [0.15, 0.2) is 142 Å². The number of amides is 8. The third kappa shape index (κ3) is 23.6. The van der Waals surface area contributed by atoms with E-state index in [-0.39, 0.29) is 89.4 Å². The number of carbonyl (C=O) groups excluding carboxylic acids is 14. The Balaban J connectivity index is 1.42. The summed E-state index contributed by atoms with van der Waals surface area (Å²) in [5, 5.41) is 27.0. The van der Waals surface area contributed by atoms with Crippen LogP contribution >= 0.6 is 23.2 Å². The number of halogens is 2. The van der Waals surface area contributed by atoms with Gasteiger partial charge in [0, 0.05) is 64.4 Å². The van der Waals surface area contributed by atoms with E-state index in [1.807, 2.05) is 0 Å². The summed E-state index contributed by atoms with van der Waals surface area (Å²) in [6.45, 7) is 24.7. The van der Waals surface area contributed by atoms with E-state index in [0.717, 1.165) is 75.9 Å². The lowest BCUT2D eigenvalue weighted by Gasteiger charge is -2.42. The second-order valence-corrected chi connectivity index (χ2v) is 29.4. The smallest absolute Gasteiger partial charge is 0.410 e. The van der Waals surface area contributed by atoms with Crippen LogP contribution in [-0.2, 0) is 100 Å². The summed E-state index contributed by atoms with van der Waals surface area (Å²) >= 11 is 14.6. The maximum Gasteiger partial charge on any atom is 0.410 e. The molecule has 6 aliphatic rings. The number of carbonyl (C=O) groups is 14. The molecule has 0 unspecified atom stereocenters. The summed E-state index contributed by atoms with van der Waals surface area (Å²) in [6, 6.07) is 0.722. The number of fused-ring (bicyclic) bond motifs is 15. The highest BCUT2D eigenvalue weighted by Crippen LogP contribution is 2.50. The summed E-state index contributed by atoms with van der Waals surface area (Å²) < 4.78 is 84.5. The quantitative estimate of drug-likeness (QED) is 0.0136. The number of benzene rings is 5. The number of hydrogen-bond donors (Lipinski definition) is 8. The van der Waals surface area contributed by atoms with E-state index in [1.165, 1.54) is 79.9 Å². The molecule has 5 aromatic carbocycles. The van der Waals surface area contributed by atoms with E-state index < -0.39 is 232 Å². The van der Waals surface area contributed by atoms with Crippen molar-refractivity contribution in [1.29, 1.82) is 0 Å². The lowest BCUT2D eigenvalue weighted by atomic mass is 9.89. The lowest BCUT2D eigenvalue weighted by Crippen LogP contribution is -2.62. The van der Waals surface area contributed by atoms with Gasteiger partial charge in [-0.25, -0.2) is 9.59 Å². The zero-order chi connectivity index (χ0) is 90.7. The van der Waals surface area contributed by atoms with Gasteiger partial charge < -0.3 is 109 Å². The molecule has 37 nitrogen and oxygen atoms in total. The highest BCUT2D eigenvalue weighted by Gasteiger charge is 2.52. The van der Waals surface area contributed by atoms with Gasteiger partial charge in [0.15, 0.2) is 48.1 Å². The van der Waals surface area contributed by atoms with E-state index in [2.05, 4.69) is 64.8 Å². The molecule has 0 spiro atoms. The zero-order valence-electron chi connectivity index (χ0n) is 68.4. The van der Waals surface area contributed by atoms with Gasteiger partial charge in [0.05, 0.1) is 16.5 Å². The Hall–Kier alpha value is -13.5. The standard InChI is InChI=1S/C85H92Cl2N8O29/c1-14-25-111-50-36-52-65(60(37-50)113-27-16-3)51-31-46(19-22-57(51)112-26-15-2)66-79(105)94-70(82(108)92-68(52)83(109)114-28-17-4)73(118-43(10)98)48-21-24-59(54(87)33-48)122-62-35-49-34-61(74(62)124-84-71(102)76(120-45(12)100)75(119-44(11)99)63(123-84)39-116-41(8)96)121-58-23-20-47(32-53(58)86)72(117-42(9)97)69(93-78(104)56(30-40(6)7)95(13)85(110)115-29-18-5)81(107)89-55(38-64(88)101)77(103)90-67(49)80(106)91-66/h14-24,31-37,40,55-56,63,66-73,75-76,84,102H,1-5,25-30,38-39H2,6-13H3,(H2,88,101)(H,89,107)(H,90,103)(H,91,106)(H,92,108)(H,93,104)(H,94,105)/t55-,56+,63+,66+,67+,68-,69+,70-,71+,72+,73+,75+,76+,84-/m0/s1. The minimum atomic E-state index is -2.44. The number of likely N-dealkylation sites (N-methyl/N-ethyl adjacent to an activating group) is 1. The first-order valence-corrected chi connectivity index (χ1v) is 39.1. The predicted molar refractivity (Wildman–Crippen MR) is 436 cm³/mol. The van der Waals surface area contributed by atoms with Gasteiger partial charge in [-0.1, -0.05) is 119 Å². The Labute approximate surface area is 720 Å². The van der Waals surface area contributed by atoms with E-state index in [9.17, 15) is 38.7 Å². The van der Waals surface area contributed by atoms with Gasteiger partial charge in [0.2, 0.25) is 53.4 Å². The molecule has 14 atom stereocenters. The molecule has 11 rings (SSSR count). The van der Waals surface area contributed by atoms with E-state index in [1.54, 1.807) is 13.8 Å². The van der Waals surface area contributed by atoms with Crippen LogP contribution in [0.2, 0.25) is 10.0 Å². The molecule has 8 amide bonds. The summed E-state index contributed by atoms with van der Waals surface area (Å²) in [4.78, 5) is 205. The molecule has 0 saturated carbocycles. The maximum absolute atomic E-state index is 16.7. The van der Waals surface area contributed by atoms with Gasteiger partial charge in [0.25, 0.3) is 0 Å². The van der Waals surface area contributed by atoms with Crippen LogP contribution in [0.25, 0.3) is 11.1 Å². The topological polar surface area (TPSA) is 490 Å². The van der Waals surface area contributed by atoms with Crippen LogP contribution < -0.4 is 66.1 Å². The van der Waals surface area contributed by atoms with Crippen molar-refractivity contribution in [3.63, 3.8) is 0 Å². The van der Waals surface area contributed by atoms with E-state index in [4.69, 9.17) is 95.3 Å². The molecule has 124 heavy (non-hydrogen) atoms. The Bertz CT molecular complexity index is 5020. The Morgan fingerprint density at radius 2 is 1.10 bits per heavy atom. The molecule has 0 radical (unpaired) electrons. The van der Waals surface area contributed by atoms with E-state index >= 15 is 33.6 Å². The van der Waals surface area contributed by atoms with Gasteiger partial charge >= 0.3 is 41.9 Å². The molecule has 1 saturated heterocycles. The molecule has 39 heteroatoms. The van der Waals surface area contributed by atoms with Crippen molar-refractivity contribution >= 4 is 106 Å². The first-order valence-electron chi connectivity index (χ1n) is 38.3. The SMILES string of the molecule is C=CCOC(=O)[C@H]1NC(=O)[C@H]2NC(=O)[C@H](NC(=O)[C@@H]3NC(=O)[C@H](CC(N)=O)NC(=O)[C@H](NC(=O)[C@@H](CC(C)C)N(C)C(=O)OCC=C)[C@H](OC(C)=O)c4ccc(c(Cl)c4)Oc4cc3cc(c4O[C@@H]3O[C@H](COC(C)=O)[C@@H](OC(C)=O)[C@H](OC(C)=O)[C@H]3O)Oc3ccc(cc3Cl)[C@H]2OC(C)=O)c2ccc(OCC=C)c(c2)-c2c(OCC=C)cc(OCC=C)cc21. The van der Waals surface area contributed by atoms with Gasteiger partial charge in [-0.05, 0) is 89.2 Å². The van der Waals surface area contributed by atoms with E-state index in [0.29, 0.717) is 0 Å². The van der Waals surface area contributed by atoms with Crippen molar-refractivity contribution in [2.45, 2.75) is 147 Å². The van der Waals surface area contributed by atoms with Crippen LogP contribution in [-0.4, -0.2) is 195 Å². The largest absolute Gasteiger partial charge is 0.489 e. The second kappa shape index (κ2) is 42.8. The molecule has 6 aliphatic heterocycles. The fourth-order valence-electron chi connectivity index (χ4n) is 13.5. The third-order valence-corrected chi connectivity index (χ3v) is 19.4. The fraction of sp³-hybridized carbons (Fsp3) is 0.365. The summed E-state index contributed by atoms with van der Waals surface area (Å²) in [7, 11) is 1.23. The molecule has 11 bridgehead atoms. The number of hydrogen-bond acceptors (Lipinski definition) is 29. The predicted octanol–water partition coefficient (Wildman–Crippen LogP) is 6.98.